The molecule has 0 amide bonds. The van der Waals surface area contributed by atoms with Crippen molar-refractivity contribution in [3.8, 4) is 22.3 Å². The highest BCUT2D eigenvalue weighted by Gasteiger charge is 2.27. The first-order chi connectivity index (χ1) is 21.1. The van der Waals surface area contributed by atoms with E-state index in [4.69, 9.17) is 0 Å². The molecule has 0 bridgehead atoms. The Morgan fingerprint density at radius 3 is 2.61 bits per heavy atom. The molecule has 0 unspecified atom stereocenters. The van der Waals surface area contributed by atoms with Crippen LogP contribution in [0.25, 0.3) is 22.3 Å². The number of hydrogen-bond acceptors (Lipinski definition) is 8. The largest absolute Gasteiger partial charge is 0.338 e. The minimum absolute atomic E-state index is 0.0328. The highest BCUT2D eigenvalue weighted by atomic mass is 32.2. The van der Waals surface area contributed by atoms with E-state index in [1.807, 2.05) is 37.2 Å². The van der Waals surface area contributed by atoms with Gasteiger partial charge in [-0.15, -0.1) is 0 Å². The summed E-state index contributed by atoms with van der Waals surface area (Å²) in [6, 6.07) is 11.9. The fourth-order valence-electron chi connectivity index (χ4n) is 5.52. The summed E-state index contributed by atoms with van der Waals surface area (Å²) >= 11 is 0. The van der Waals surface area contributed by atoms with E-state index >= 15 is 4.39 Å². The van der Waals surface area contributed by atoms with E-state index in [9.17, 15) is 12.8 Å². The fraction of sp³-hybridized carbons (Fsp3) is 0.219. The number of pyridine rings is 2. The molecule has 2 aliphatic heterocycles. The van der Waals surface area contributed by atoms with Crippen LogP contribution < -0.4 is 15.5 Å². The van der Waals surface area contributed by atoms with Crippen LogP contribution in [0.1, 0.15) is 27.8 Å². The van der Waals surface area contributed by atoms with Crippen LogP contribution in [0.15, 0.2) is 77.9 Å². The summed E-state index contributed by atoms with van der Waals surface area (Å²) in [6.45, 7) is 1.04. The number of nitrogens with one attached hydrogen (secondary N) is 3. The predicted molar refractivity (Wildman–Crippen MR) is 167 cm³/mol. The first kappa shape index (κ1) is 29.5. The summed E-state index contributed by atoms with van der Waals surface area (Å²) in [5.74, 6) is -0.310. The summed E-state index contributed by atoms with van der Waals surface area (Å²) in [5.41, 5.74) is 9.99. The number of sulfonamides is 1. The van der Waals surface area contributed by atoms with Gasteiger partial charge in [-0.05, 0) is 78.7 Å². The van der Waals surface area contributed by atoms with Gasteiger partial charge in [0.05, 0.1) is 18.5 Å². The smallest absolute Gasteiger partial charge is 0.209 e. The van der Waals surface area contributed by atoms with E-state index in [0.717, 1.165) is 28.5 Å². The number of anilines is 1. The molecule has 0 saturated carbocycles. The van der Waals surface area contributed by atoms with Gasteiger partial charge in [0.25, 0.3) is 0 Å². The zero-order valence-corrected chi connectivity index (χ0v) is 25.3. The maximum Gasteiger partial charge on any atom is 0.209 e. The summed E-state index contributed by atoms with van der Waals surface area (Å²) in [4.78, 5) is 10.9. The predicted octanol–water partition coefficient (Wildman–Crippen LogP) is 4.56. The Balaban J connectivity index is 1.32. The average molecular weight is 616 g/mol. The van der Waals surface area contributed by atoms with Crippen LogP contribution in [0.5, 0.6) is 0 Å². The second kappa shape index (κ2) is 11.9. The molecule has 44 heavy (non-hydrogen) atoms. The van der Waals surface area contributed by atoms with E-state index in [1.165, 1.54) is 12.1 Å². The van der Waals surface area contributed by atoms with Crippen molar-refractivity contribution in [3.63, 3.8) is 0 Å². The third kappa shape index (κ3) is 6.23. The molecule has 0 aliphatic carbocycles. The minimum atomic E-state index is -3.44. The van der Waals surface area contributed by atoms with Gasteiger partial charge in [0, 0.05) is 53.9 Å². The number of hydrazone groups is 1. The molecule has 2 aliphatic rings. The molecule has 4 heterocycles. The lowest BCUT2D eigenvalue weighted by molar-refractivity contribution is 0.402. The highest BCUT2D eigenvalue weighted by Crippen LogP contribution is 2.36. The van der Waals surface area contributed by atoms with Crippen molar-refractivity contribution in [2.45, 2.75) is 26.1 Å². The molecule has 2 aromatic carbocycles. The molecule has 9 nitrogen and oxygen atoms in total. The average Bonchev–Trinajstić information content (AvgIpc) is 2.98. The molecular weight excluding hydrogens is 584 g/mol. The SMILES string of the molecule is CN(C)Cc1cncc(-c2ccc3c(c2F)C(C2=CCc4c(-c5cc(F)cc(CNS(C)(=O)=O)c5)ccnc4N2)=NNC3)c1. The molecule has 2 aromatic heterocycles. The number of nitrogens with zero attached hydrogens (tertiary/aromatic N) is 4. The van der Waals surface area contributed by atoms with Crippen LogP contribution >= 0.6 is 0 Å². The van der Waals surface area contributed by atoms with Crippen LogP contribution in [0.4, 0.5) is 14.6 Å². The minimum Gasteiger partial charge on any atom is -0.338 e. The van der Waals surface area contributed by atoms with E-state index in [0.29, 0.717) is 64.6 Å². The first-order valence-electron chi connectivity index (χ1n) is 14.0. The van der Waals surface area contributed by atoms with Crippen molar-refractivity contribution in [3.05, 3.63) is 112 Å². The Labute approximate surface area is 254 Å². The molecule has 3 N–H and O–H groups in total. The second-order valence-electron chi connectivity index (χ2n) is 11.2. The van der Waals surface area contributed by atoms with Crippen LogP contribution in [0.3, 0.4) is 0 Å². The molecule has 0 fully saturated rings. The number of benzene rings is 2. The van der Waals surface area contributed by atoms with Gasteiger partial charge in [0.1, 0.15) is 23.2 Å². The topological polar surface area (TPSA) is 112 Å². The Hall–Kier alpha value is -4.52. The molecular formula is C32H31F2N7O2S. The number of halogens is 2. The maximum absolute atomic E-state index is 16.3. The zero-order valence-electron chi connectivity index (χ0n) is 24.4. The van der Waals surface area contributed by atoms with E-state index < -0.39 is 15.8 Å². The standard InChI is InChI=1S/C32H31F2N7O2S/c1-41(2)18-20-11-23(16-35-14-20)26-5-4-21-17-37-40-31(29(21)30(26)34)28-7-6-27-25(8-9-36-32(27)39-28)22-10-19(12-24(33)13-22)15-38-44(3,42)43/h4-5,7-14,16,37-38H,6,15,17-18H2,1-3H3,(H,36,39). The summed E-state index contributed by atoms with van der Waals surface area (Å²) in [6.07, 6.45) is 8.46. The first-order valence-corrected chi connectivity index (χ1v) is 15.9. The lowest BCUT2D eigenvalue weighted by Gasteiger charge is -2.26. The fourth-order valence-corrected chi connectivity index (χ4v) is 5.95. The van der Waals surface area contributed by atoms with Gasteiger partial charge < -0.3 is 15.6 Å². The molecule has 0 saturated heterocycles. The highest BCUT2D eigenvalue weighted by molar-refractivity contribution is 7.88. The van der Waals surface area contributed by atoms with Gasteiger partial charge in [-0.25, -0.2) is 26.9 Å². The molecule has 12 heteroatoms. The molecule has 0 radical (unpaired) electrons. The van der Waals surface area contributed by atoms with Crippen molar-refractivity contribution in [1.82, 2.24) is 25.0 Å². The number of rotatable bonds is 8. The van der Waals surface area contributed by atoms with Gasteiger partial charge in [-0.3, -0.25) is 4.98 Å². The monoisotopic (exact) mass is 615 g/mol. The van der Waals surface area contributed by atoms with Crippen LogP contribution in [0, 0.1) is 11.6 Å². The Bertz CT molecular complexity index is 1940. The van der Waals surface area contributed by atoms with Crippen molar-refractivity contribution < 1.29 is 17.2 Å². The Morgan fingerprint density at radius 1 is 1.00 bits per heavy atom. The maximum atomic E-state index is 16.3. The van der Waals surface area contributed by atoms with Crippen LogP contribution in [0.2, 0.25) is 0 Å². The van der Waals surface area contributed by atoms with Crippen molar-refractivity contribution >= 4 is 21.6 Å². The molecule has 226 valence electrons. The molecule has 6 rings (SSSR count). The zero-order chi connectivity index (χ0) is 31.0. The lowest BCUT2D eigenvalue weighted by atomic mass is 9.91. The molecule has 4 aromatic rings. The quantitative estimate of drug-likeness (QED) is 0.267. The van der Waals surface area contributed by atoms with Gasteiger partial charge in [-0.1, -0.05) is 18.2 Å². The number of hydrogen-bond donors (Lipinski definition) is 3. The number of fused-ring (bicyclic) bond motifs is 2. The van der Waals surface area contributed by atoms with E-state index in [-0.39, 0.29) is 12.4 Å². The summed E-state index contributed by atoms with van der Waals surface area (Å²) in [7, 11) is 0.498. The third-order valence-electron chi connectivity index (χ3n) is 7.41. The van der Waals surface area contributed by atoms with Gasteiger partial charge in [0.2, 0.25) is 10.0 Å². The Kier molecular flexibility index (Phi) is 7.97. The van der Waals surface area contributed by atoms with Crippen molar-refractivity contribution in [2.24, 2.45) is 5.10 Å². The summed E-state index contributed by atoms with van der Waals surface area (Å²) in [5, 5.41) is 7.82. The summed E-state index contributed by atoms with van der Waals surface area (Å²) < 4.78 is 56.5. The van der Waals surface area contributed by atoms with E-state index in [1.54, 1.807) is 36.8 Å². The van der Waals surface area contributed by atoms with Crippen molar-refractivity contribution in [1.29, 1.82) is 0 Å². The van der Waals surface area contributed by atoms with Crippen LogP contribution in [-0.2, 0) is 36.1 Å². The van der Waals surface area contributed by atoms with Gasteiger partial charge in [-0.2, -0.15) is 5.10 Å². The normalized spacial score (nSPS) is 14.2. The molecule has 0 atom stereocenters. The molecule has 0 spiro atoms. The van der Waals surface area contributed by atoms with Crippen molar-refractivity contribution in [2.75, 3.05) is 25.7 Å². The van der Waals surface area contributed by atoms with Gasteiger partial charge in [0.15, 0.2) is 0 Å². The third-order valence-corrected chi connectivity index (χ3v) is 8.08. The number of allylic oxidation sites excluding steroid dienone is 2. The lowest BCUT2D eigenvalue weighted by Crippen LogP contribution is -2.27. The Morgan fingerprint density at radius 2 is 1.82 bits per heavy atom. The van der Waals surface area contributed by atoms with E-state index in [2.05, 4.69) is 30.5 Å². The number of aromatic nitrogens is 2. The second-order valence-corrected chi connectivity index (χ2v) is 13.0. The van der Waals surface area contributed by atoms with Crippen LogP contribution in [-0.4, -0.2) is 49.3 Å². The van der Waals surface area contributed by atoms with Gasteiger partial charge >= 0.3 is 0 Å².